The van der Waals surface area contributed by atoms with Gasteiger partial charge in [-0.2, -0.15) is 18.3 Å². The fourth-order valence-corrected chi connectivity index (χ4v) is 3.94. The molecule has 0 saturated carbocycles. The number of aromatic nitrogens is 1. The summed E-state index contributed by atoms with van der Waals surface area (Å²) in [5.74, 6) is -0.00870. The summed E-state index contributed by atoms with van der Waals surface area (Å²) in [5.41, 5.74) is 5.77. The summed E-state index contributed by atoms with van der Waals surface area (Å²) in [5, 5.41) is 4.62. The number of nitrogens with zero attached hydrogens (tertiary/aromatic N) is 2. The van der Waals surface area contributed by atoms with Gasteiger partial charge < -0.3 is 9.30 Å². The van der Waals surface area contributed by atoms with Gasteiger partial charge in [0.1, 0.15) is 12.4 Å². The molecule has 1 amide bonds. The summed E-state index contributed by atoms with van der Waals surface area (Å²) in [6.07, 6.45) is -3.06. The number of carbonyl (C=O) groups excluding carboxylic acids is 1. The van der Waals surface area contributed by atoms with Crippen molar-refractivity contribution in [3.8, 4) is 11.4 Å². The van der Waals surface area contributed by atoms with Gasteiger partial charge in [0, 0.05) is 33.2 Å². The Morgan fingerprint density at radius 1 is 1.03 bits per heavy atom. The Hall–Kier alpha value is -4.04. The van der Waals surface area contributed by atoms with Gasteiger partial charge in [0.15, 0.2) is 0 Å². The zero-order chi connectivity index (χ0) is 26.6. The fourth-order valence-electron chi connectivity index (χ4n) is 3.82. The second-order valence-electron chi connectivity index (χ2n) is 8.35. The van der Waals surface area contributed by atoms with Crippen molar-refractivity contribution in [3.63, 3.8) is 0 Å². The van der Waals surface area contributed by atoms with E-state index in [0.29, 0.717) is 11.6 Å². The molecular formula is C28H23ClF3N3O2. The summed E-state index contributed by atoms with van der Waals surface area (Å²) in [6.45, 7) is 4.27. The Balaban J connectivity index is 1.42. The molecule has 0 bridgehead atoms. The molecule has 0 aliphatic rings. The monoisotopic (exact) mass is 525 g/mol. The third-order valence-corrected chi connectivity index (χ3v) is 5.96. The van der Waals surface area contributed by atoms with Crippen LogP contribution in [-0.4, -0.2) is 16.7 Å². The lowest BCUT2D eigenvalue weighted by Gasteiger charge is -2.11. The van der Waals surface area contributed by atoms with Crippen LogP contribution in [0, 0.1) is 13.8 Å². The van der Waals surface area contributed by atoms with Gasteiger partial charge in [-0.1, -0.05) is 29.8 Å². The molecule has 5 nitrogen and oxygen atoms in total. The Labute approximate surface area is 217 Å². The lowest BCUT2D eigenvalue weighted by Crippen LogP contribution is -2.18. The minimum atomic E-state index is -4.53. The van der Waals surface area contributed by atoms with Crippen LogP contribution in [0.4, 0.5) is 13.2 Å². The molecule has 4 rings (SSSR count). The molecule has 0 spiro atoms. The zero-order valence-electron chi connectivity index (χ0n) is 20.0. The zero-order valence-corrected chi connectivity index (χ0v) is 20.8. The second-order valence-corrected chi connectivity index (χ2v) is 8.79. The molecule has 9 heteroatoms. The molecule has 0 fully saturated rings. The Bertz CT molecular complexity index is 1430. The topological polar surface area (TPSA) is 55.6 Å². The summed E-state index contributed by atoms with van der Waals surface area (Å²) < 4.78 is 46.6. The number of hydrogen-bond donors (Lipinski definition) is 1. The molecule has 3 aromatic carbocycles. The number of benzene rings is 3. The van der Waals surface area contributed by atoms with E-state index in [1.165, 1.54) is 18.3 Å². The van der Waals surface area contributed by atoms with Crippen molar-refractivity contribution in [2.75, 3.05) is 0 Å². The van der Waals surface area contributed by atoms with E-state index in [1.807, 2.05) is 73.0 Å². The summed E-state index contributed by atoms with van der Waals surface area (Å²) >= 11 is 5.91. The Morgan fingerprint density at radius 3 is 2.41 bits per heavy atom. The smallest absolute Gasteiger partial charge is 0.416 e. The highest BCUT2D eigenvalue weighted by atomic mass is 35.5. The molecule has 190 valence electrons. The number of amides is 1. The van der Waals surface area contributed by atoms with Gasteiger partial charge >= 0.3 is 6.18 Å². The largest absolute Gasteiger partial charge is 0.489 e. The molecule has 0 aliphatic carbocycles. The SMILES string of the molecule is Cc1cc(/C=N\NC(=O)c2cccc(C(F)(F)F)c2)c(C)n1-c1ccc(OCc2ccc(Cl)cc2)cc1. The molecule has 0 unspecified atom stereocenters. The molecule has 1 N–H and O–H groups in total. The van der Waals surface area contributed by atoms with Crippen molar-refractivity contribution >= 4 is 23.7 Å². The van der Waals surface area contributed by atoms with Crippen LogP contribution in [0.25, 0.3) is 5.69 Å². The first-order valence-electron chi connectivity index (χ1n) is 11.3. The normalized spacial score (nSPS) is 11.6. The highest BCUT2D eigenvalue weighted by Gasteiger charge is 2.30. The van der Waals surface area contributed by atoms with Gasteiger partial charge in [0.2, 0.25) is 0 Å². The van der Waals surface area contributed by atoms with Crippen LogP contribution in [0.15, 0.2) is 84.0 Å². The predicted octanol–water partition coefficient (Wildman–Crippen LogP) is 7.11. The average molecular weight is 526 g/mol. The van der Waals surface area contributed by atoms with Crippen LogP contribution < -0.4 is 10.2 Å². The van der Waals surface area contributed by atoms with E-state index in [0.717, 1.165) is 46.1 Å². The summed E-state index contributed by atoms with van der Waals surface area (Å²) in [4.78, 5) is 12.3. The molecule has 37 heavy (non-hydrogen) atoms. The Kier molecular flexibility index (Phi) is 7.69. The van der Waals surface area contributed by atoms with Gasteiger partial charge in [-0.3, -0.25) is 4.79 Å². The van der Waals surface area contributed by atoms with Gasteiger partial charge in [0.05, 0.1) is 11.8 Å². The maximum Gasteiger partial charge on any atom is 0.416 e. The van der Waals surface area contributed by atoms with Crippen molar-refractivity contribution < 1.29 is 22.7 Å². The quantitative estimate of drug-likeness (QED) is 0.206. The van der Waals surface area contributed by atoms with Crippen molar-refractivity contribution in [2.24, 2.45) is 5.10 Å². The minimum absolute atomic E-state index is 0.129. The van der Waals surface area contributed by atoms with E-state index < -0.39 is 17.6 Å². The molecule has 1 aromatic heterocycles. The Morgan fingerprint density at radius 2 is 1.73 bits per heavy atom. The molecule has 0 atom stereocenters. The van der Waals surface area contributed by atoms with Crippen molar-refractivity contribution in [2.45, 2.75) is 26.6 Å². The van der Waals surface area contributed by atoms with E-state index >= 15 is 0 Å². The fraction of sp³-hybridized carbons (Fsp3) is 0.143. The number of aryl methyl sites for hydroxylation is 1. The number of carbonyl (C=O) groups is 1. The average Bonchev–Trinajstić information content (AvgIpc) is 3.16. The summed E-state index contributed by atoms with van der Waals surface area (Å²) in [6, 6.07) is 21.2. The van der Waals surface area contributed by atoms with Crippen LogP contribution in [0.3, 0.4) is 0 Å². The van der Waals surface area contributed by atoms with Gasteiger partial charge in [-0.15, -0.1) is 0 Å². The maximum absolute atomic E-state index is 12.9. The number of hydrogen-bond acceptors (Lipinski definition) is 3. The first-order chi connectivity index (χ1) is 17.6. The van der Waals surface area contributed by atoms with Gasteiger partial charge in [-0.25, -0.2) is 5.43 Å². The van der Waals surface area contributed by atoms with E-state index in [9.17, 15) is 18.0 Å². The maximum atomic E-state index is 12.9. The predicted molar refractivity (Wildman–Crippen MR) is 138 cm³/mol. The lowest BCUT2D eigenvalue weighted by atomic mass is 10.1. The van der Waals surface area contributed by atoms with E-state index in [4.69, 9.17) is 16.3 Å². The number of nitrogens with one attached hydrogen (secondary N) is 1. The van der Waals surface area contributed by atoms with Gasteiger partial charge in [-0.05, 0) is 80.1 Å². The van der Waals surface area contributed by atoms with E-state index in [1.54, 1.807) is 0 Å². The highest BCUT2D eigenvalue weighted by Crippen LogP contribution is 2.29. The van der Waals surface area contributed by atoms with Crippen LogP contribution in [0.5, 0.6) is 5.75 Å². The molecular weight excluding hydrogens is 503 g/mol. The number of alkyl halides is 3. The number of halogens is 4. The van der Waals surface area contributed by atoms with Crippen molar-refractivity contribution in [1.82, 2.24) is 9.99 Å². The number of hydrazone groups is 1. The molecule has 0 saturated heterocycles. The molecule has 4 aromatic rings. The minimum Gasteiger partial charge on any atom is -0.489 e. The van der Waals surface area contributed by atoms with Crippen molar-refractivity contribution in [1.29, 1.82) is 0 Å². The van der Waals surface area contributed by atoms with Crippen LogP contribution in [-0.2, 0) is 12.8 Å². The first-order valence-corrected chi connectivity index (χ1v) is 11.7. The third kappa shape index (κ3) is 6.40. The molecule has 0 radical (unpaired) electrons. The summed E-state index contributed by atoms with van der Waals surface area (Å²) in [7, 11) is 0. The van der Waals surface area contributed by atoms with Crippen LogP contribution in [0.2, 0.25) is 5.02 Å². The number of ether oxygens (including phenoxy) is 1. The van der Waals surface area contributed by atoms with Crippen LogP contribution in [0.1, 0.15) is 38.4 Å². The van der Waals surface area contributed by atoms with Crippen LogP contribution >= 0.6 is 11.6 Å². The number of rotatable bonds is 7. The highest BCUT2D eigenvalue weighted by molar-refractivity contribution is 6.30. The van der Waals surface area contributed by atoms with E-state index in [2.05, 4.69) is 10.5 Å². The van der Waals surface area contributed by atoms with E-state index in [-0.39, 0.29) is 5.56 Å². The first kappa shape index (κ1) is 26.0. The molecule has 1 heterocycles. The van der Waals surface area contributed by atoms with Gasteiger partial charge in [0.25, 0.3) is 5.91 Å². The third-order valence-electron chi connectivity index (χ3n) is 5.71. The standard InChI is InChI=1S/C28H23ClF3N3O2/c1-18-14-22(16-33-34-27(36)21-4-3-5-23(15-21)28(30,31)32)19(2)35(18)25-10-12-26(13-11-25)37-17-20-6-8-24(29)9-7-20/h3-16H,17H2,1-2H3,(H,34,36)/b33-16-. The lowest BCUT2D eigenvalue weighted by molar-refractivity contribution is -0.137. The molecule has 0 aliphatic heterocycles. The second kappa shape index (κ2) is 10.9. The van der Waals surface area contributed by atoms with Crippen molar-refractivity contribution in [3.05, 3.63) is 118 Å².